The van der Waals surface area contributed by atoms with Crippen LogP contribution < -0.4 is 10.5 Å². The number of para-hydroxylation sites is 1. The molecule has 2 rings (SSSR count). The Kier molecular flexibility index (Phi) is 3.26. The first kappa shape index (κ1) is 11.2. The monoisotopic (exact) mass is 281 g/mol. The molecule has 0 saturated heterocycles. The van der Waals surface area contributed by atoms with Gasteiger partial charge in [-0.3, -0.25) is 4.68 Å². The number of nitrogens with zero attached hydrogens (tertiary/aromatic N) is 2. The summed E-state index contributed by atoms with van der Waals surface area (Å²) in [5, 5.41) is 4.09. The van der Waals surface area contributed by atoms with E-state index in [0.717, 1.165) is 10.2 Å². The van der Waals surface area contributed by atoms with Crippen molar-refractivity contribution in [2.75, 3.05) is 0 Å². The molecule has 0 aliphatic heterocycles. The molecule has 84 valence electrons. The van der Waals surface area contributed by atoms with E-state index >= 15 is 0 Å². The molecule has 1 atom stereocenters. The fourth-order valence-corrected chi connectivity index (χ4v) is 1.62. The molecule has 5 heteroatoms. The van der Waals surface area contributed by atoms with Crippen LogP contribution in [0.1, 0.15) is 13.1 Å². The molecule has 0 spiro atoms. The van der Waals surface area contributed by atoms with E-state index in [2.05, 4.69) is 21.0 Å². The highest BCUT2D eigenvalue weighted by molar-refractivity contribution is 9.10. The maximum absolute atomic E-state index is 5.69. The minimum atomic E-state index is -0.156. The second-order valence-corrected chi connectivity index (χ2v) is 4.28. The van der Waals surface area contributed by atoms with Crippen molar-refractivity contribution in [3.05, 3.63) is 41.1 Å². The smallest absolute Gasteiger partial charge is 0.165 e. The Morgan fingerprint density at radius 3 is 2.81 bits per heavy atom. The van der Waals surface area contributed by atoms with E-state index in [4.69, 9.17) is 10.5 Å². The van der Waals surface area contributed by atoms with Crippen molar-refractivity contribution in [3.63, 3.8) is 0 Å². The van der Waals surface area contributed by atoms with Crippen LogP contribution in [0.3, 0.4) is 0 Å². The Morgan fingerprint density at radius 1 is 1.44 bits per heavy atom. The third-order valence-corrected chi connectivity index (χ3v) is 2.71. The summed E-state index contributed by atoms with van der Waals surface area (Å²) in [6, 6.07) is 7.65. The quantitative estimate of drug-likeness (QED) is 0.941. The van der Waals surface area contributed by atoms with Gasteiger partial charge in [-0.15, -0.1) is 0 Å². The number of ether oxygens (including phenoxy) is 1. The molecule has 1 heterocycles. The first-order chi connectivity index (χ1) is 7.66. The van der Waals surface area contributed by atoms with E-state index < -0.39 is 0 Å². The number of nitrogens with two attached hydrogens (primary N) is 1. The van der Waals surface area contributed by atoms with E-state index in [1.807, 2.05) is 31.2 Å². The fraction of sp³-hybridized carbons (Fsp3) is 0.182. The van der Waals surface area contributed by atoms with Gasteiger partial charge in [-0.2, -0.15) is 5.10 Å². The third-order valence-electron chi connectivity index (χ3n) is 2.06. The van der Waals surface area contributed by atoms with Crippen LogP contribution in [0.2, 0.25) is 0 Å². The Bertz CT molecular complexity index is 482. The SMILES string of the molecule is CC(N)n1cc(Oc2ccccc2Br)cn1. The Labute approximate surface area is 102 Å². The predicted octanol–water partition coefficient (Wildman–Crippen LogP) is 2.92. The van der Waals surface area contributed by atoms with Crippen molar-refractivity contribution in [2.45, 2.75) is 13.1 Å². The first-order valence-electron chi connectivity index (χ1n) is 4.89. The predicted molar refractivity (Wildman–Crippen MR) is 65.3 cm³/mol. The second kappa shape index (κ2) is 4.67. The number of rotatable bonds is 3. The molecule has 1 aromatic heterocycles. The van der Waals surface area contributed by atoms with Crippen molar-refractivity contribution in [1.82, 2.24) is 9.78 Å². The topological polar surface area (TPSA) is 53.1 Å². The van der Waals surface area contributed by atoms with Gasteiger partial charge in [-0.25, -0.2) is 0 Å². The molecule has 0 bridgehead atoms. The molecule has 0 saturated carbocycles. The lowest BCUT2D eigenvalue weighted by Gasteiger charge is -2.05. The maximum Gasteiger partial charge on any atom is 0.165 e. The molecule has 0 fully saturated rings. The van der Waals surface area contributed by atoms with Crippen LogP contribution in [0.4, 0.5) is 0 Å². The van der Waals surface area contributed by atoms with Gasteiger partial charge in [-0.1, -0.05) is 12.1 Å². The first-order valence-corrected chi connectivity index (χ1v) is 5.68. The average molecular weight is 282 g/mol. The zero-order valence-electron chi connectivity index (χ0n) is 8.80. The number of aromatic nitrogens is 2. The van der Waals surface area contributed by atoms with E-state index in [1.165, 1.54) is 0 Å². The number of hydrogen-bond acceptors (Lipinski definition) is 3. The standard InChI is InChI=1S/C11H12BrN3O/c1-8(13)15-7-9(6-14-15)16-11-5-3-2-4-10(11)12/h2-8H,13H2,1H3. The van der Waals surface area contributed by atoms with Crippen LogP contribution in [-0.2, 0) is 0 Å². The average Bonchev–Trinajstić information content (AvgIpc) is 2.70. The highest BCUT2D eigenvalue weighted by atomic mass is 79.9. The van der Waals surface area contributed by atoms with E-state index in [1.54, 1.807) is 17.1 Å². The van der Waals surface area contributed by atoms with Crippen molar-refractivity contribution >= 4 is 15.9 Å². The normalized spacial score (nSPS) is 12.4. The van der Waals surface area contributed by atoms with Gasteiger partial charge in [0.25, 0.3) is 0 Å². The van der Waals surface area contributed by atoms with Crippen molar-refractivity contribution in [1.29, 1.82) is 0 Å². The highest BCUT2D eigenvalue weighted by Gasteiger charge is 2.05. The molecule has 0 amide bonds. The lowest BCUT2D eigenvalue weighted by atomic mass is 10.3. The summed E-state index contributed by atoms with van der Waals surface area (Å²) in [6.45, 7) is 1.86. The summed E-state index contributed by atoms with van der Waals surface area (Å²) in [5.41, 5.74) is 5.69. The summed E-state index contributed by atoms with van der Waals surface area (Å²) in [7, 11) is 0. The van der Waals surface area contributed by atoms with Crippen molar-refractivity contribution < 1.29 is 4.74 Å². The summed E-state index contributed by atoms with van der Waals surface area (Å²) in [6.07, 6.45) is 3.25. The second-order valence-electron chi connectivity index (χ2n) is 3.43. The van der Waals surface area contributed by atoms with Gasteiger partial charge in [0, 0.05) is 0 Å². The van der Waals surface area contributed by atoms with Gasteiger partial charge in [0.1, 0.15) is 5.75 Å². The molecule has 0 aliphatic carbocycles. The largest absolute Gasteiger partial charge is 0.453 e. The van der Waals surface area contributed by atoms with Gasteiger partial charge in [0.15, 0.2) is 5.75 Å². The van der Waals surface area contributed by atoms with Crippen molar-refractivity contribution in [3.8, 4) is 11.5 Å². The molecule has 2 N–H and O–H groups in total. The molecule has 2 aromatic rings. The van der Waals surface area contributed by atoms with Crippen LogP contribution in [-0.4, -0.2) is 9.78 Å². The van der Waals surface area contributed by atoms with Crippen LogP contribution in [0.5, 0.6) is 11.5 Å². The number of halogens is 1. The van der Waals surface area contributed by atoms with Gasteiger partial charge in [0.2, 0.25) is 0 Å². The Balaban J connectivity index is 2.18. The molecule has 4 nitrogen and oxygen atoms in total. The maximum atomic E-state index is 5.69. The molecular formula is C11H12BrN3O. The van der Waals surface area contributed by atoms with Gasteiger partial charge < -0.3 is 10.5 Å². The lowest BCUT2D eigenvalue weighted by Crippen LogP contribution is -2.14. The molecule has 0 radical (unpaired) electrons. The van der Waals surface area contributed by atoms with Crippen LogP contribution in [0.25, 0.3) is 0 Å². The fourth-order valence-electron chi connectivity index (χ4n) is 1.25. The third kappa shape index (κ3) is 2.43. The van der Waals surface area contributed by atoms with Crippen molar-refractivity contribution in [2.24, 2.45) is 5.73 Å². The molecule has 1 aromatic carbocycles. The van der Waals surface area contributed by atoms with E-state index in [0.29, 0.717) is 5.75 Å². The van der Waals surface area contributed by atoms with Crippen LogP contribution >= 0.6 is 15.9 Å². The van der Waals surface area contributed by atoms with Crippen LogP contribution in [0.15, 0.2) is 41.1 Å². The lowest BCUT2D eigenvalue weighted by molar-refractivity contribution is 0.471. The Hall–Kier alpha value is -1.33. The summed E-state index contributed by atoms with van der Waals surface area (Å²) in [4.78, 5) is 0. The zero-order chi connectivity index (χ0) is 11.5. The minimum absolute atomic E-state index is 0.156. The van der Waals surface area contributed by atoms with Gasteiger partial charge >= 0.3 is 0 Å². The zero-order valence-corrected chi connectivity index (χ0v) is 10.4. The summed E-state index contributed by atoms with van der Waals surface area (Å²) < 4.78 is 8.21. The minimum Gasteiger partial charge on any atom is -0.453 e. The van der Waals surface area contributed by atoms with E-state index in [9.17, 15) is 0 Å². The molecule has 0 aliphatic rings. The number of hydrogen-bond donors (Lipinski definition) is 1. The van der Waals surface area contributed by atoms with Gasteiger partial charge in [0.05, 0.1) is 23.0 Å². The summed E-state index contributed by atoms with van der Waals surface area (Å²) >= 11 is 3.41. The number of benzene rings is 1. The molecule has 16 heavy (non-hydrogen) atoms. The van der Waals surface area contributed by atoms with Gasteiger partial charge in [-0.05, 0) is 35.0 Å². The highest BCUT2D eigenvalue weighted by Crippen LogP contribution is 2.28. The summed E-state index contributed by atoms with van der Waals surface area (Å²) in [5.74, 6) is 1.43. The molecule has 1 unspecified atom stereocenters. The Morgan fingerprint density at radius 2 is 2.19 bits per heavy atom. The van der Waals surface area contributed by atoms with E-state index in [-0.39, 0.29) is 6.17 Å². The van der Waals surface area contributed by atoms with Crippen LogP contribution in [0, 0.1) is 0 Å². The molecular weight excluding hydrogens is 270 g/mol.